The summed E-state index contributed by atoms with van der Waals surface area (Å²) in [6.07, 6.45) is 5.27. The second kappa shape index (κ2) is 5.92. The van der Waals surface area contributed by atoms with E-state index in [1.54, 1.807) is 14.2 Å². The maximum Gasteiger partial charge on any atom is 0.127 e. The van der Waals surface area contributed by atoms with Gasteiger partial charge in [0.25, 0.3) is 0 Å². The molecule has 1 N–H and O–H groups in total. The van der Waals surface area contributed by atoms with Crippen LogP contribution in [0.3, 0.4) is 0 Å². The molecule has 94 valence electrons. The summed E-state index contributed by atoms with van der Waals surface area (Å²) in [5.41, 5.74) is 1.12. The van der Waals surface area contributed by atoms with Crippen molar-refractivity contribution in [3.05, 3.63) is 23.8 Å². The standard InChI is InChI=1S/C14H21NO2/c1-16-13-8-5-9-14(17-2)12(13)10-15-11-6-3-4-7-11/h5,8-9,11,15H,3-4,6-7,10H2,1-2H3. The maximum absolute atomic E-state index is 5.38. The van der Waals surface area contributed by atoms with Gasteiger partial charge in [-0.3, -0.25) is 0 Å². The largest absolute Gasteiger partial charge is 0.496 e. The lowest BCUT2D eigenvalue weighted by molar-refractivity contribution is 0.379. The summed E-state index contributed by atoms with van der Waals surface area (Å²) < 4.78 is 10.8. The van der Waals surface area contributed by atoms with E-state index in [2.05, 4.69) is 5.32 Å². The van der Waals surface area contributed by atoms with E-state index in [1.165, 1.54) is 25.7 Å². The summed E-state index contributed by atoms with van der Waals surface area (Å²) in [6.45, 7) is 0.817. The van der Waals surface area contributed by atoms with Gasteiger partial charge < -0.3 is 14.8 Å². The SMILES string of the molecule is COc1cccc(OC)c1CNC1CCCC1. The van der Waals surface area contributed by atoms with Gasteiger partial charge in [-0.1, -0.05) is 18.9 Å². The molecule has 3 nitrogen and oxygen atoms in total. The lowest BCUT2D eigenvalue weighted by Gasteiger charge is -2.16. The second-order valence-corrected chi connectivity index (χ2v) is 4.50. The first-order chi connectivity index (χ1) is 8.35. The van der Waals surface area contributed by atoms with Crippen molar-refractivity contribution in [3.63, 3.8) is 0 Å². The second-order valence-electron chi connectivity index (χ2n) is 4.50. The number of hydrogen-bond donors (Lipinski definition) is 1. The quantitative estimate of drug-likeness (QED) is 0.851. The predicted molar refractivity (Wildman–Crippen MR) is 68.6 cm³/mol. The van der Waals surface area contributed by atoms with Gasteiger partial charge in [-0.15, -0.1) is 0 Å². The van der Waals surface area contributed by atoms with Crippen LogP contribution in [-0.4, -0.2) is 20.3 Å². The minimum absolute atomic E-state index is 0.657. The highest BCUT2D eigenvalue weighted by atomic mass is 16.5. The molecule has 0 unspecified atom stereocenters. The zero-order valence-electron chi connectivity index (χ0n) is 10.7. The Labute approximate surface area is 103 Å². The Balaban J connectivity index is 2.06. The molecule has 0 bridgehead atoms. The van der Waals surface area contributed by atoms with E-state index in [1.807, 2.05) is 18.2 Å². The predicted octanol–water partition coefficient (Wildman–Crippen LogP) is 2.74. The molecule has 2 rings (SSSR count). The van der Waals surface area contributed by atoms with Gasteiger partial charge in [0.1, 0.15) is 11.5 Å². The van der Waals surface area contributed by atoms with Crippen molar-refractivity contribution in [2.45, 2.75) is 38.3 Å². The van der Waals surface area contributed by atoms with E-state index in [9.17, 15) is 0 Å². The van der Waals surface area contributed by atoms with Crippen molar-refractivity contribution >= 4 is 0 Å². The zero-order valence-corrected chi connectivity index (χ0v) is 10.7. The molecule has 0 aliphatic heterocycles. The van der Waals surface area contributed by atoms with E-state index in [0.717, 1.165) is 23.6 Å². The lowest BCUT2D eigenvalue weighted by atomic mass is 10.1. The Kier molecular flexibility index (Phi) is 4.26. The molecule has 0 spiro atoms. The highest BCUT2D eigenvalue weighted by Gasteiger charge is 2.16. The molecular formula is C14H21NO2. The summed E-state index contributed by atoms with van der Waals surface area (Å²) >= 11 is 0. The van der Waals surface area contributed by atoms with Crippen molar-refractivity contribution in [3.8, 4) is 11.5 Å². The van der Waals surface area contributed by atoms with Gasteiger partial charge >= 0.3 is 0 Å². The van der Waals surface area contributed by atoms with Gasteiger partial charge in [-0.25, -0.2) is 0 Å². The zero-order chi connectivity index (χ0) is 12.1. The molecule has 1 aliphatic rings. The molecule has 0 amide bonds. The summed E-state index contributed by atoms with van der Waals surface area (Å²) in [5.74, 6) is 1.80. The number of ether oxygens (including phenoxy) is 2. The van der Waals surface area contributed by atoms with Crippen molar-refractivity contribution in [2.24, 2.45) is 0 Å². The summed E-state index contributed by atoms with van der Waals surface area (Å²) in [4.78, 5) is 0. The molecule has 1 saturated carbocycles. The molecule has 1 aliphatic carbocycles. The fourth-order valence-corrected chi connectivity index (χ4v) is 2.48. The van der Waals surface area contributed by atoms with Crippen molar-refractivity contribution in [1.29, 1.82) is 0 Å². The van der Waals surface area contributed by atoms with Crippen molar-refractivity contribution in [1.82, 2.24) is 5.32 Å². The Morgan fingerprint density at radius 1 is 1.12 bits per heavy atom. The van der Waals surface area contributed by atoms with E-state index in [-0.39, 0.29) is 0 Å². The van der Waals surface area contributed by atoms with Crippen molar-refractivity contribution in [2.75, 3.05) is 14.2 Å². The molecule has 0 radical (unpaired) electrons. The minimum Gasteiger partial charge on any atom is -0.496 e. The first-order valence-corrected chi connectivity index (χ1v) is 6.28. The fourth-order valence-electron chi connectivity index (χ4n) is 2.48. The fraction of sp³-hybridized carbons (Fsp3) is 0.571. The van der Waals surface area contributed by atoms with Crippen LogP contribution in [-0.2, 0) is 6.54 Å². The smallest absolute Gasteiger partial charge is 0.127 e. The van der Waals surface area contributed by atoms with Crippen LogP contribution in [0, 0.1) is 0 Å². The summed E-state index contributed by atoms with van der Waals surface area (Å²) in [7, 11) is 3.40. The van der Waals surface area contributed by atoms with Gasteiger partial charge in [0.2, 0.25) is 0 Å². The molecule has 1 fully saturated rings. The van der Waals surface area contributed by atoms with Crippen LogP contribution in [0.5, 0.6) is 11.5 Å². The van der Waals surface area contributed by atoms with Crippen LogP contribution in [0.1, 0.15) is 31.2 Å². The topological polar surface area (TPSA) is 30.5 Å². The average molecular weight is 235 g/mol. The van der Waals surface area contributed by atoms with Crippen LogP contribution >= 0.6 is 0 Å². The molecule has 17 heavy (non-hydrogen) atoms. The molecule has 1 aromatic carbocycles. The normalized spacial score (nSPS) is 16.1. The molecule has 0 saturated heterocycles. The Hall–Kier alpha value is -1.22. The summed E-state index contributed by atoms with van der Waals surface area (Å²) in [5, 5.41) is 3.59. The highest BCUT2D eigenvalue weighted by Crippen LogP contribution is 2.28. The number of benzene rings is 1. The third-order valence-corrected chi connectivity index (χ3v) is 3.45. The number of rotatable bonds is 5. The van der Waals surface area contributed by atoms with Gasteiger partial charge in [-0.05, 0) is 25.0 Å². The molecule has 1 aromatic rings. The van der Waals surface area contributed by atoms with Gasteiger partial charge in [-0.2, -0.15) is 0 Å². The van der Waals surface area contributed by atoms with Gasteiger partial charge in [0.15, 0.2) is 0 Å². The van der Waals surface area contributed by atoms with Crippen LogP contribution in [0.25, 0.3) is 0 Å². The van der Waals surface area contributed by atoms with E-state index < -0.39 is 0 Å². The first-order valence-electron chi connectivity index (χ1n) is 6.28. The highest BCUT2D eigenvalue weighted by molar-refractivity contribution is 5.44. The van der Waals surface area contributed by atoms with Crippen LogP contribution in [0.15, 0.2) is 18.2 Å². The van der Waals surface area contributed by atoms with Crippen LogP contribution in [0.4, 0.5) is 0 Å². The van der Waals surface area contributed by atoms with Gasteiger partial charge in [0.05, 0.1) is 14.2 Å². The van der Waals surface area contributed by atoms with Crippen LogP contribution < -0.4 is 14.8 Å². The van der Waals surface area contributed by atoms with E-state index in [4.69, 9.17) is 9.47 Å². The van der Waals surface area contributed by atoms with Crippen LogP contribution in [0.2, 0.25) is 0 Å². The average Bonchev–Trinajstić information content (AvgIpc) is 2.88. The molecular weight excluding hydrogens is 214 g/mol. The molecule has 0 atom stereocenters. The lowest BCUT2D eigenvalue weighted by Crippen LogP contribution is -2.25. The third-order valence-electron chi connectivity index (χ3n) is 3.45. The Morgan fingerprint density at radius 2 is 1.71 bits per heavy atom. The van der Waals surface area contributed by atoms with Gasteiger partial charge in [0, 0.05) is 18.2 Å². The monoisotopic (exact) mass is 235 g/mol. The molecule has 3 heteroatoms. The molecule has 0 heterocycles. The minimum atomic E-state index is 0.657. The van der Waals surface area contributed by atoms with E-state index >= 15 is 0 Å². The molecule has 0 aromatic heterocycles. The first kappa shape index (κ1) is 12.2. The van der Waals surface area contributed by atoms with E-state index in [0.29, 0.717) is 6.04 Å². The maximum atomic E-state index is 5.38. The summed E-state index contributed by atoms with van der Waals surface area (Å²) in [6, 6.07) is 6.57. The third kappa shape index (κ3) is 2.91. The number of nitrogens with one attached hydrogen (secondary N) is 1. The van der Waals surface area contributed by atoms with Crippen molar-refractivity contribution < 1.29 is 9.47 Å². The number of hydrogen-bond acceptors (Lipinski definition) is 3. The number of methoxy groups -OCH3 is 2. The Bertz CT molecular complexity index is 337. The Morgan fingerprint density at radius 3 is 2.24 bits per heavy atom.